The molecule has 1 aliphatic heterocycles. The van der Waals surface area contributed by atoms with Gasteiger partial charge < -0.3 is 9.26 Å². The molecule has 1 aliphatic rings. The third-order valence-corrected chi connectivity index (χ3v) is 7.64. The fourth-order valence-corrected chi connectivity index (χ4v) is 5.47. The van der Waals surface area contributed by atoms with E-state index >= 15 is 0 Å². The monoisotopic (exact) mass is 446 g/mol. The maximum absolute atomic E-state index is 13.8. The SMILES string of the molecule is CC[C@@H]1CN(S(=O)(=O)c2cc(-c3onc(C)c3C)ccc2C)c2cc(Cl)ccc2O1. The second-order valence-electron chi connectivity index (χ2n) is 7.50. The Bertz CT molecular complexity index is 1220. The predicted octanol–water partition coefficient (Wildman–Crippen LogP) is 5.29. The summed E-state index contributed by atoms with van der Waals surface area (Å²) in [6, 6.07) is 10.3. The van der Waals surface area contributed by atoms with Gasteiger partial charge in [-0.1, -0.05) is 35.8 Å². The third kappa shape index (κ3) is 3.46. The summed E-state index contributed by atoms with van der Waals surface area (Å²) < 4.78 is 40.4. The molecule has 6 nitrogen and oxygen atoms in total. The molecule has 0 spiro atoms. The van der Waals surface area contributed by atoms with Crippen LogP contribution in [0.25, 0.3) is 11.3 Å². The van der Waals surface area contributed by atoms with Crippen molar-refractivity contribution in [3.8, 4) is 17.1 Å². The average molecular weight is 447 g/mol. The van der Waals surface area contributed by atoms with Gasteiger partial charge in [-0.3, -0.25) is 4.31 Å². The molecular formula is C22H23ClN2O4S. The zero-order chi connectivity index (χ0) is 21.6. The Kier molecular flexibility index (Phi) is 5.28. The molecule has 0 fully saturated rings. The minimum Gasteiger partial charge on any atom is -0.486 e. The number of nitrogens with zero attached hydrogens (tertiary/aromatic N) is 2. The van der Waals surface area contributed by atoms with Crippen LogP contribution in [0.5, 0.6) is 5.75 Å². The van der Waals surface area contributed by atoms with Gasteiger partial charge in [0.1, 0.15) is 11.9 Å². The summed E-state index contributed by atoms with van der Waals surface area (Å²) >= 11 is 6.17. The van der Waals surface area contributed by atoms with E-state index in [1.165, 1.54) is 4.31 Å². The topological polar surface area (TPSA) is 72.6 Å². The van der Waals surface area contributed by atoms with Crippen LogP contribution in [0.2, 0.25) is 5.02 Å². The normalized spacial score (nSPS) is 16.3. The highest BCUT2D eigenvalue weighted by atomic mass is 35.5. The summed E-state index contributed by atoms with van der Waals surface area (Å²) in [5.41, 5.74) is 3.43. The first-order valence-corrected chi connectivity index (χ1v) is 11.6. The van der Waals surface area contributed by atoms with Gasteiger partial charge in [0.25, 0.3) is 10.0 Å². The molecule has 30 heavy (non-hydrogen) atoms. The molecule has 1 aromatic heterocycles. The van der Waals surface area contributed by atoms with E-state index in [0.717, 1.165) is 11.3 Å². The first-order chi connectivity index (χ1) is 14.2. The highest BCUT2D eigenvalue weighted by Crippen LogP contribution is 2.40. The van der Waals surface area contributed by atoms with E-state index in [1.54, 1.807) is 37.3 Å². The summed E-state index contributed by atoms with van der Waals surface area (Å²) in [6.45, 7) is 7.73. The zero-order valence-electron chi connectivity index (χ0n) is 17.3. The molecule has 0 saturated carbocycles. The maximum Gasteiger partial charge on any atom is 0.264 e. The highest BCUT2D eigenvalue weighted by molar-refractivity contribution is 7.93. The fraction of sp³-hybridized carbons (Fsp3) is 0.318. The second kappa shape index (κ2) is 7.63. The quantitative estimate of drug-likeness (QED) is 0.544. The molecule has 0 aliphatic carbocycles. The Morgan fingerprint density at radius 1 is 1.17 bits per heavy atom. The number of rotatable bonds is 4. The molecule has 2 aromatic carbocycles. The first-order valence-electron chi connectivity index (χ1n) is 9.75. The van der Waals surface area contributed by atoms with Gasteiger partial charge in [-0.2, -0.15) is 0 Å². The number of benzene rings is 2. The zero-order valence-corrected chi connectivity index (χ0v) is 18.8. The van der Waals surface area contributed by atoms with Crippen molar-refractivity contribution in [2.75, 3.05) is 10.8 Å². The van der Waals surface area contributed by atoms with Crippen LogP contribution in [0, 0.1) is 20.8 Å². The molecule has 4 rings (SSSR count). The largest absolute Gasteiger partial charge is 0.486 e. The Labute approximate surface area is 181 Å². The van der Waals surface area contributed by atoms with Crippen LogP contribution in [0.15, 0.2) is 45.8 Å². The minimum atomic E-state index is -3.87. The summed E-state index contributed by atoms with van der Waals surface area (Å²) in [5, 5.41) is 4.44. The van der Waals surface area contributed by atoms with Crippen molar-refractivity contribution in [1.29, 1.82) is 0 Å². The minimum absolute atomic E-state index is 0.219. The van der Waals surface area contributed by atoms with E-state index in [0.29, 0.717) is 39.8 Å². The lowest BCUT2D eigenvalue weighted by molar-refractivity contribution is 0.196. The van der Waals surface area contributed by atoms with Crippen molar-refractivity contribution in [1.82, 2.24) is 5.16 Å². The molecule has 8 heteroatoms. The van der Waals surface area contributed by atoms with Gasteiger partial charge in [0.15, 0.2) is 5.76 Å². The summed E-state index contributed by atoms with van der Waals surface area (Å²) in [4.78, 5) is 0.219. The first kappa shape index (κ1) is 20.8. The number of halogens is 1. The smallest absolute Gasteiger partial charge is 0.264 e. The van der Waals surface area contributed by atoms with Crippen molar-refractivity contribution in [3.05, 3.63) is 58.2 Å². The van der Waals surface area contributed by atoms with Crippen LogP contribution in [0.4, 0.5) is 5.69 Å². The Balaban J connectivity index is 1.85. The van der Waals surface area contributed by atoms with Gasteiger partial charge in [-0.25, -0.2) is 8.42 Å². The van der Waals surface area contributed by atoms with E-state index in [2.05, 4.69) is 5.16 Å². The second-order valence-corrected chi connectivity index (χ2v) is 9.77. The highest BCUT2D eigenvalue weighted by Gasteiger charge is 2.35. The molecule has 0 saturated heterocycles. The Morgan fingerprint density at radius 3 is 2.60 bits per heavy atom. The lowest BCUT2D eigenvalue weighted by Crippen LogP contribution is -2.43. The summed E-state index contributed by atoms with van der Waals surface area (Å²) in [7, 11) is -3.87. The van der Waals surface area contributed by atoms with E-state index in [1.807, 2.05) is 26.8 Å². The van der Waals surface area contributed by atoms with Crippen molar-refractivity contribution in [2.45, 2.75) is 45.1 Å². The lowest BCUT2D eigenvalue weighted by Gasteiger charge is -2.35. The molecular weight excluding hydrogens is 424 g/mol. The predicted molar refractivity (Wildman–Crippen MR) is 117 cm³/mol. The van der Waals surface area contributed by atoms with E-state index in [4.69, 9.17) is 20.9 Å². The van der Waals surface area contributed by atoms with Crippen LogP contribution in [0.1, 0.15) is 30.2 Å². The van der Waals surface area contributed by atoms with Crippen LogP contribution in [-0.2, 0) is 10.0 Å². The number of hydrogen-bond donors (Lipinski definition) is 0. The fourth-order valence-electron chi connectivity index (χ4n) is 3.55. The van der Waals surface area contributed by atoms with Crippen LogP contribution < -0.4 is 9.04 Å². The van der Waals surface area contributed by atoms with Crippen molar-refractivity contribution in [2.24, 2.45) is 0 Å². The van der Waals surface area contributed by atoms with Crippen LogP contribution in [-0.4, -0.2) is 26.2 Å². The van der Waals surface area contributed by atoms with Gasteiger partial charge in [0.2, 0.25) is 0 Å². The molecule has 0 radical (unpaired) electrons. The molecule has 3 aromatic rings. The molecule has 2 heterocycles. The number of fused-ring (bicyclic) bond motifs is 1. The van der Waals surface area contributed by atoms with E-state index in [-0.39, 0.29) is 17.5 Å². The molecule has 158 valence electrons. The molecule has 0 N–H and O–H groups in total. The van der Waals surface area contributed by atoms with E-state index in [9.17, 15) is 8.42 Å². The number of ether oxygens (including phenoxy) is 1. The molecule has 0 bridgehead atoms. The maximum atomic E-state index is 13.8. The number of anilines is 1. The number of aromatic nitrogens is 1. The van der Waals surface area contributed by atoms with Gasteiger partial charge >= 0.3 is 0 Å². The molecule has 0 amide bonds. The van der Waals surface area contributed by atoms with Crippen molar-refractivity contribution >= 4 is 27.3 Å². The standard InChI is InChI=1S/C22H23ClN2O4S/c1-5-18-12-25(19-11-17(23)8-9-20(19)28-18)30(26,27)21-10-16(7-6-13(21)2)22-14(3)15(4)24-29-22/h6-11,18H,5,12H2,1-4H3/t18-/m1/s1. The van der Waals surface area contributed by atoms with Gasteiger partial charge in [0.05, 0.1) is 22.8 Å². The van der Waals surface area contributed by atoms with Crippen LogP contribution >= 0.6 is 11.6 Å². The van der Waals surface area contributed by atoms with E-state index < -0.39 is 10.0 Å². The van der Waals surface area contributed by atoms with Crippen molar-refractivity contribution < 1.29 is 17.7 Å². The molecule has 1 atom stereocenters. The Morgan fingerprint density at radius 2 is 1.93 bits per heavy atom. The average Bonchev–Trinajstić information content (AvgIpc) is 3.06. The lowest BCUT2D eigenvalue weighted by atomic mass is 10.1. The van der Waals surface area contributed by atoms with Gasteiger partial charge in [-0.05, 0) is 57.0 Å². The van der Waals surface area contributed by atoms with Gasteiger partial charge in [-0.15, -0.1) is 0 Å². The summed E-state index contributed by atoms with van der Waals surface area (Å²) in [5.74, 6) is 1.08. The number of sulfonamides is 1. The summed E-state index contributed by atoms with van der Waals surface area (Å²) in [6.07, 6.45) is 0.444. The van der Waals surface area contributed by atoms with Crippen molar-refractivity contribution in [3.63, 3.8) is 0 Å². The third-order valence-electron chi connectivity index (χ3n) is 5.48. The Hall–Kier alpha value is -2.51. The van der Waals surface area contributed by atoms with Crippen LogP contribution in [0.3, 0.4) is 0 Å². The molecule has 0 unspecified atom stereocenters. The number of hydrogen-bond acceptors (Lipinski definition) is 5. The van der Waals surface area contributed by atoms with Gasteiger partial charge in [0, 0.05) is 16.1 Å². The number of aryl methyl sites for hydroxylation is 2.